The van der Waals surface area contributed by atoms with Gasteiger partial charge < -0.3 is 14.2 Å². The van der Waals surface area contributed by atoms with Crippen molar-refractivity contribution in [3.8, 4) is 0 Å². The molecule has 0 radical (unpaired) electrons. The molecular weight excluding hydrogens is 733 g/mol. The number of rotatable bonds is 41. The zero-order valence-corrected chi connectivity index (χ0v) is 38.0. The van der Waals surface area contributed by atoms with Gasteiger partial charge in [0.2, 0.25) is 0 Å². The third-order valence-electron chi connectivity index (χ3n) is 9.54. The quantitative estimate of drug-likeness (QED) is 0.0265. The zero-order valence-electron chi connectivity index (χ0n) is 38.0. The molecule has 0 bridgehead atoms. The normalized spacial score (nSPS) is 12.9. The Balaban J connectivity index is 4.55. The lowest BCUT2D eigenvalue weighted by Crippen LogP contribution is -2.30. The molecule has 0 rings (SSSR count). The molecule has 6 heteroatoms. The lowest BCUT2D eigenvalue weighted by molar-refractivity contribution is -0.167. The minimum atomic E-state index is -0.817. The van der Waals surface area contributed by atoms with Crippen molar-refractivity contribution in [1.82, 2.24) is 0 Å². The number of carbonyl (C=O) groups is 3. The number of ether oxygens (including phenoxy) is 3. The van der Waals surface area contributed by atoms with Crippen LogP contribution >= 0.6 is 0 Å². The van der Waals surface area contributed by atoms with E-state index in [2.05, 4.69) is 118 Å². The summed E-state index contributed by atoms with van der Waals surface area (Å²) >= 11 is 0. The van der Waals surface area contributed by atoms with Crippen LogP contribution in [0.3, 0.4) is 0 Å². The van der Waals surface area contributed by atoms with Gasteiger partial charge in [0.15, 0.2) is 6.10 Å². The van der Waals surface area contributed by atoms with Gasteiger partial charge in [0.05, 0.1) is 0 Å². The van der Waals surface area contributed by atoms with Gasteiger partial charge in [-0.2, -0.15) is 0 Å². The van der Waals surface area contributed by atoms with Crippen LogP contribution in [0.5, 0.6) is 0 Å². The number of hydrogen-bond donors (Lipinski definition) is 0. The van der Waals surface area contributed by atoms with Gasteiger partial charge >= 0.3 is 17.9 Å². The summed E-state index contributed by atoms with van der Waals surface area (Å²) in [5, 5.41) is 0. The first-order valence-electron chi connectivity index (χ1n) is 23.7. The van der Waals surface area contributed by atoms with Gasteiger partial charge in [0, 0.05) is 19.3 Å². The maximum Gasteiger partial charge on any atom is 0.306 e. The highest BCUT2D eigenvalue weighted by Gasteiger charge is 2.19. The summed E-state index contributed by atoms with van der Waals surface area (Å²) in [6.07, 6.45) is 61.0. The van der Waals surface area contributed by atoms with Crippen LogP contribution in [0.1, 0.15) is 201 Å². The van der Waals surface area contributed by atoms with Crippen molar-refractivity contribution in [3.63, 3.8) is 0 Å². The van der Waals surface area contributed by atoms with Crippen LogP contribution in [-0.4, -0.2) is 37.2 Å². The van der Waals surface area contributed by atoms with Gasteiger partial charge in [-0.3, -0.25) is 14.4 Å². The van der Waals surface area contributed by atoms with Gasteiger partial charge in [-0.25, -0.2) is 0 Å². The number of hydrogen-bond acceptors (Lipinski definition) is 6. The fraction of sp³-hybridized carbons (Fsp3) is 0.642. The molecule has 0 aliphatic rings. The van der Waals surface area contributed by atoms with Crippen LogP contribution in [0.2, 0.25) is 0 Å². The summed E-state index contributed by atoms with van der Waals surface area (Å²) in [5.74, 6) is -1.01. The first kappa shape index (κ1) is 55.3. The number of unbranched alkanes of at least 4 members (excludes halogenated alkanes) is 14. The van der Waals surface area contributed by atoms with Crippen LogP contribution in [0.4, 0.5) is 0 Å². The number of esters is 3. The fourth-order valence-corrected chi connectivity index (χ4v) is 5.95. The Hall–Kier alpha value is -3.67. The van der Waals surface area contributed by atoms with Crippen molar-refractivity contribution in [1.29, 1.82) is 0 Å². The Bertz CT molecular complexity index is 1220. The van der Waals surface area contributed by atoms with Crippen molar-refractivity contribution in [3.05, 3.63) is 97.2 Å². The second-order valence-electron chi connectivity index (χ2n) is 15.3. The third-order valence-corrected chi connectivity index (χ3v) is 9.54. The molecule has 0 saturated heterocycles. The summed E-state index contributed by atoms with van der Waals surface area (Å²) in [6.45, 7) is 6.35. The van der Waals surface area contributed by atoms with E-state index in [0.29, 0.717) is 25.7 Å². The summed E-state index contributed by atoms with van der Waals surface area (Å²) in [7, 11) is 0. The second-order valence-corrected chi connectivity index (χ2v) is 15.3. The van der Waals surface area contributed by atoms with E-state index in [-0.39, 0.29) is 37.5 Å². The molecule has 0 aromatic heterocycles. The van der Waals surface area contributed by atoms with Crippen LogP contribution < -0.4 is 0 Å². The van der Waals surface area contributed by atoms with Crippen molar-refractivity contribution in [2.45, 2.75) is 207 Å². The van der Waals surface area contributed by atoms with Crippen LogP contribution in [-0.2, 0) is 28.6 Å². The van der Waals surface area contributed by atoms with Crippen molar-refractivity contribution in [2.24, 2.45) is 0 Å². The molecule has 6 nitrogen and oxygen atoms in total. The molecule has 59 heavy (non-hydrogen) atoms. The highest BCUT2D eigenvalue weighted by atomic mass is 16.6. The monoisotopic (exact) mass is 819 g/mol. The summed E-state index contributed by atoms with van der Waals surface area (Å²) < 4.78 is 16.7. The standard InChI is InChI=1S/C53H86O6/c1-4-7-10-13-16-19-22-24-26-28-31-34-37-40-43-46-52(55)58-49-50(48-57-51(54)45-42-39-36-33-30-21-18-15-12-9-6-3)59-53(56)47-44-41-38-35-32-29-27-25-23-20-17-14-11-8-5-2/h7,10,15-20,24-27,31-32,34-35,50H,4-6,8-9,11-14,21-23,28-30,33,36-49H2,1-3H3/b10-7-,18-15-,19-16-,20-17-,26-24-,27-25-,34-31-,35-32-/t50-/m0/s1. The number of carbonyl (C=O) groups excluding carboxylic acids is 3. The highest BCUT2D eigenvalue weighted by molar-refractivity contribution is 5.71. The SMILES string of the molecule is CC/C=C\C/C=C\C/C=C\C/C=C\CCCCC(=O)OC[C@H](COC(=O)CCCCCCC/C=C\CCCC)OC(=O)CCCC/C=C\C/C=C\C/C=C\CCCCC. The maximum atomic E-state index is 12.7. The van der Waals surface area contributed by atoms with E-state index < -0.39 is 6.10 Å². The first-order valence-corrected chi connectivity index (χ1v) is 23.7. The molecule has 0 N–H and O–H groups in total. The smallest absolute Gasteiger partial charge is 0.306 e. The van der Waals surface area contributed by atoms with Crippen molar-refractivity contribution in [2.75, 3.05) is 13.2 Å². The molecule has 0 unspecified atom stereocenters. The average Bonchev–Trinajstić information content (AvgIpc) is 3.23. The molecule has 0 aliphatic heterocycles. The minimum absolute atomic E-state index is 0.112. The van der Waals surface area contributed by atoms with Crippen molar-refractivity contribution < 1.29 is 28.6 Å². The molecule has 0 saturated carbocycles. The molecule has 0 fully saturated rings. The predicted molar refractivity (Wildman–Crippen MR) is 251 cm³/mol. The molecule has 0 heterocycles. The Morgan fingerprint density at radius 3 is 1.14 bits per heavy atom. The Labute approximate surface area is 362 Å². The van der Waals surface area contributed by atoms with Gasteiger partial charge in [0.25, 0.3) is 0 Å². The maximum absolute atomic E-state index is 12.7. The number of allylic oxidation sites excluding steroid dienone is 16. The van der Waals surface area contributed by atoms with E-state index in [1.807, 2.05) is 0 Å². The van der Waals surface area contributed by atoms with Crippen LogP contribution in [0.15, 0.2) is 97.2 Å². The lowest BCUT2D eigenvalue weighted by atomic mass is 10.1. The molecule has 0 spiro atoms. The Kier molecular flexibility index (Phi) is 44.1. The average molecular weight is 819 g/mol. The Morgan fingerprint density at radius 1 is 0.356 bits per heavy atom. The first-order chi connectivity index (χ1) is 29.0. The lowest BCUT2D eigenvalue weighted by Gasteiger charge is -2.18. The Morgan fingerprint density at radius 2 is 0.678 bits per heavy atom. The molecule has 0 aromatic carbocycles. The van der Waals surface area contributed by atoms with Gasteiger partial charge in [0.1, 0.15) is 13.2 Å². The molecular formula is C53H86O6. The van der Waals surface area contributed by atoms with Crippen molar-refractivity contribution >= 4 is 17.9 Å². The van der Waals surface area contributed by atoms with E-state index in [0.717, 1.165) is 96.3 Å². The van der Waals surface area contributed by atoms with Crippen LogP contribution in [0.25, 0.3) is 0 Å². The largest absolute Gasteiger partial charge is 0.462 e. The van der Waals surface area contributed by atoms with Gasteiger partial charge in [-0.1, -0.05) is 163 Å². The zero-order chi connectivity index (χ0) is 43.0. The fourth-order valence-electron chi connectivity index (χ4n) is 5.95. The highest BCUT2D eigenvalue weighted by Crippen LogP contribution is 2.11. The topological polar surface area (TPSA) is 78.9 Å². The van der Waals surface area contributed by atoms with E-state index in [1.165, 1.54) is 51.4 Å². The van der Waals surface area contributed by atoms with Crippen LogP contribution in [0, 0.1) is 0 Å². The summed E-state index contributed by atoms with van der Waals surface area (Å²) in [4.78, 5) is 37.8. The molecule has 0 aromatic rings. The molecule has 0 amide bonds. The van der Waals surface area contributed by atoms with E-state index in [1.54, 1.807) is 0 Å². The van der Waals surface area contributed by atoms with E-state index in [9.17, 15) is 14.4 Å². The van der Waals surface area contributed by atoms with E-state index >= 15 is 0 Å². The minimum Gasteiger partial charge on any atom is -0.462 e. The third kappa shape index (κ3) is 45.3. The molecule has 0 aliphatic carbocycles. The predicted octanol–water partition coefficient (Wildman–Crippen LogP) is 15.4. The van der Waals surface area contributed by atoms with Gasteiger partial charge in [-0.05, 0) is 116 Å². The summed E-state index contributed by atoms with van der Waals surface area (Å²) in [5.41, 5.74) is 0. The second kappa shape index (κ2) is 47.0. The van der Waals surface area contributed by atoms with E-state index in [4.69, 9.17) is 14.2 Å². The molecule has 1 atom stereocenters. The van der Waals surface area contributed by atoms with Gasteiger partial charge in [-0.15, -0.1) is 0 Å². The molecule has 334 valence electrons. The summed E-state index contributed by atoms with van der Waals surface area (Å²) in [6, 6.07) is 0.